The lowest BCUT2D eigenvalue weighted by Gasteiger charge is -2.37. The lowest BCUT2D eigenvalue weighted by atomic mass is 9.96. The van der Waals surface area contributed by atoms with Gasteiger partial charge in [-0.3, -0.25) is 4.79 Å². The highest BCUT2D eigenvalue weighted by molar-refractivity contribution is 7.13. The Balaban J connectivity index is 1.85. The summed E-state index contributed by atoms with van der Waals surface area (Å²) in [6.07, 6.45) is 3.00. The predicted molar refractivity (Wildman–Crippen MR) is 89.8 cm³/mol. The lowest BCUT2D eigenvalue weighted by molar-refractivity contribution is 0.0578. The van der Waals surface area contributed by atoms with E-state index < -0.39 is 0 Å². The van der Waals surface area contributed by atoms with Gasteiger partial charge in [0.1, 0.15) is 16.5 Å². The highest BCUT2D eigenvalue weighted by atomic mass is 32.1. The summed E-state index contributed by atoms with van der Waals surface area (Å²) in [4.78, 5) is 18.9. The van der Waals surface area contributed by atoms with Gasteiger partial charge in [0.05, 0.1) is 0 Å². The number of benzene rings is 1. The number of amides is 1. The molecule has 23 heavy (non-hydrogen) atoms. The molecule has 122 valence electrons. The van der Waals surface area contributed by atoms with E-state index in [-0.39, 0.29) is 23.8 Å². The molecule has 6 heteroatoms. The first-order valence-electron chi connectivity index (χ1n) is 7.85. The zero-order valence-corrected chi connectivity index (χ0v) is 13.9. The quantitative estimate of drug-likeness (QED) is 0.937. The molecule has 0 spiro atoms. The minimum atomic E-state index is -0.327. The summed E-state index contributed by atoms with van der Waals surface area (Å²) in [7, 11) is 0. The molecule has 1 aromatic heterocycles. The molecule has 0 radical (unpaired) electrons. The summed E-state index contributed by atoms with van der Waals surface area (Å²) in [5.41, 5.74) is 6.83. The first-order chi connectivity index (χ1) is 11.1. The Morgan fingerprint density at radius 2 is 2.22 bits per heavy atom. The average Bonchev–Trinajstić information content (AvgIpc) is 3.04. The van der Waals surface area contributed by atoms with Gasteiger partial charge >= 0.3 is 0 Å². The number of nitrogens with zero attached hydrogens (tertiary/aromatic N) is 2. The van der Waals surface area contributed by atoms with Gasteiger partial charge in [-0.25, -0.2) is 9.37 Å². The fraction of sp³-hybridized carbons (Fsp3) is 0.412. The Hall–Kier alpha value is -1.79. The summed E-state index contributed by atoms with van der Waals surface area (Å²) in [6, 6.07) is 6.46. The van der Waals surface area contributed by atoms with Crippen molar-refractivity contribution in [2.24, 2.45) is 5.73 Å². The monoisotopic (exact) mass is 333 g/mol. The van der Waals surface area contributed by atoms with E-state index in [1.165, 1.54) is 17.4 Å². The van der Waals surface area contributed by atoms with Crippen LogP contribution in [0.5, 0.6) is 0 Å². The normalized spacial score (nSPS) is 19.6. The molecule has 1 aliphatic rings. The van der Waals surface area contributed by atoms with Crippen LogP contribution in [0.3, 0.4) is 0 Å². The van der Waals surface area contributed by atoms with E-state index in [9.17, 15) is 9.18 Å². The van der Waals surface area contributed by atoms with Crippen LogP contribution in [0, 0.1) is 5.82 Å². The summed E-state index contributed by atoms with van der Waals surface area (Å²) >= 11 is 1.29. The van der Waals surface area contributed by atoms with Crippen LogP contribution in [0.25, 0.3) is 10.6 Å². The van der Waals surface area contributed by atoms with Crippen LogP contribution in [-0.4, -0.2) is 34.4 Å². The van der Waals surface area contributed by atoms with Crippen molar-refractivity contribution >= 4 is 17.2 Å². The van der Waals surface area contributed by atoms with Gasteiger partial charge in [-0.2, -0.15) is 0 Å². The maximum atomic E-state index is 13.9. The van der Waals surface area contributed by atoms with Crippen LogP contribution in [0.15, 0.2) is 29.6 Å². The van der Waals surface area contributed by atoms with Gasteiger partial charge in [0.2, 0.25) is 0 Å². The molecule has 3 rings (SSSR count). The molecule has 0 saturated carbocycles. The minimum absolute atomic E-state index is 0.0508. The van der Waals surface area contributed by atoms with Crippen LogP contribution >= 0.6 is 11.3 Å². The Kier molecular flexibility index (Phi) is 4.73. The van der Waals surface area contributed by atoms with E-state index in [4.69, 9.17) is 5.73 Å². The molecule has 0 aliphatic carbocycles. The summed E-state index contributed by atoms with van der Waals surface area (Å²) in [6.45, 7) is 2.64. The molecule has 0 bridgehead atoms. The number of carbonyl (C=O) groups is 1. The first kappa shape index (κ1) is 16.1. The van der Waals surface area contributed by atoms with Crippen molar-refractivity contribution < 1.29 is 9.18 Å². The number of thiazole rings is 1. The topological polar surface area (TPSA) is 59.2 Å². The molecule has 1 aromatic carbocycles. The van der Waals surface area contributed by atoms with Crippen molar-refractivity contribution in [2.45, 2.75) is 38.3 Å². The molecule has 4 nitrogen and oxygen atoms in total. The van der Waals surface area contributed by atoms with Crippen LogP contribution < -0.4 is 5.73 Å². The number of nitrogens with two attached hydrogens (primary N) is 1. The van der Waals surface area contributed by atoms with E-state index >= 15 is 0 Å². The van der Waals surface area contributed by atoms with Crippen LogP contribution in [0.4, 0.5) is 4.39 Å². The van der Waals surface area contributed by atoms with Crippen molar-refractivity contribution in [1.29, 1.82) is 0 Å². The number of likely N-dealkylation sites (tertiary alicyclic amines) is 1. The second-order valence-corrected chi connectivity index (χ2v) is 6.80. The molecule has 1 saturated heterocycles. The average molecular weight is 333 g/mol. The molecule has 2 aromatic rings. The molecular formula is C17H20FN3OS. The fourth-order valence-corrected chi connectivity index (χ4v) is 3.85. The summed E-state index contributed by atoms with van der Waals surface area (Å²) in [5.74, 6) is -0.432. The second kappa shape index (κ2) is 6.76. The SMILES string of the molecule is CC(N)C1CCCCN1C(=O)c1csc(-c2ccccc2F)n1. The Labute approximate surface area is 139 Å². The van der Waals surface area contributed by atoms with Crippen molar-refractivity contribution in [2.75, 3.05) is 6.54 Å². The zero-order chi connectivity index (χ0) is 16.4. The Morgan fingerprint density at radius 1 is 1.43 bits per heavy atom. The zero-order valence-electron chi connectivity index (χ0n) is 13.0. The number of aromatic nitrogens is 1. The van der Waals surface area contributed by atoms with Gasteiger partial charge in [0, 0.05) is 29.6 Å². The molecule has 1 amide bonds. The highest BCUT2D eigenvalue weighted by Gasteiger charge is 2.31. The fourth-order valence-electron chi connectivity index (χ4n) is 3.03. The number of carbonyl (C=O) groups excluding carboxylic acids is 1. The number of halogens is 1. The Bertz CT molecular complexity index is 701. The van der Waals surface area contributed by atoms with Gasteiger partial charge in [0.25, 0.3) is 5.91 Å². The molecule has 1 fully saturated rings. The van der Waals surface area contributed by atoms with E-state index in [2.05, 4.69) is 4.98 Å². The highest BCUT2D eigenvalue weighted by Crippen LogP contribution is 2.28. The van der Waals surface area contributed by atoms with Gasteiger partial charge in [-0.15, -0.1) is 11.3 Å². The summed E-state index contributed by atoms with van der Waals surface area (Å²) in [5, 5.41) is 2.23. The number of hydrogen-bond donors (Lipinski definition) is 1. The second-order valence-electron chi connectivity index (χ2n) is 5.94. The van der Waals surface area contributed by atoms with Gasteiger partial charge in [-0.1, -0.05) is 12.1 Å². The van der Waals surface area contributed by atoms with E-state index in [0.717, 1.165) is 19.3 Å². The molecule has 2 heterocycles. The third-order valence-corrected chi connectivity index (χ3v) is 5.12. The number of rotatable bonds is 3. The Morgan fingerprint density at radius 3 is 2.96 bits per heavy atom. The van der Waals surface area contributed by atoms with E-state index in [0.29, 0.717) is 22.8 Å². The van der Waals surface area contributed by atoms with E-state index in [1.54, 1.807) is 23.6 Å². The van der Waals surface area contributed by atoms with Gasteiger partial charge < -0.3 is 10.6 Å². The van der Waals surface area contributed by atoms with Crippen molar-refractivity contribution in [3.8, 4) is 10.6 Å². The molecule has 2 N–H and O–H groups in total. The first-order valence-corrected chi connectivity index (χ1v) is 8.73. The standard InChI is InChI=1S/C17H20FN3OS/c1-11(19)15-8-4-5-9-21(15)17(22)14-10-23-16(20-14)12-6-2-3-7-13(12)18/h2-3,6-7,10-11,15H,4-5,8-9,19H2,1H3. The maximum Gasteiger partial charge on any atom is 0.273 e. The largest absolute Gasteiger partial charge is 0.333 e. The molecule has 1 aliphatic heterocycles. The van der Waals surface area contributed by atoms with Crippen LogP contribution in [0.2, 0.25) is 0 Å². The smallest absolute Gasteiger partial charge is 0.273 e. The lowest BCUT2D eigenvalue weighted by Crippen LogP contribution is -2.51. The van der Waals surface area contributed by atoms with Crippen molar-refractivity contribution in [1.82, 2.24) is 9.88 Å². The number of hydrogen-bond acceptors (Lipinski definition) is 4. The van der Waals surface area contributed by atoms with Gasteiger partial charge in [0.15, 0.2) is 0 Å². The van der Waals surface area contributed by atoms with Crippen LogP contribution in [0.1, 0.15) is 36.7 Å². The molecular weight excluding hydrogens is 313 g/mol. The van der Waals surface area contributed by atoms with Crippen LogP contribution in [-0.2, 0) is 0 Å². The third kappa shape index (κ3) is 3.28. The number of piperidine rings is 1. The minimum Gasteiger partial charge on any atom is -0.333 e. The van der Waals surface area contributed by atoms with E-state index in [1.807, 2.05) is 11.8 Å². The third-order valence-electron chi connectivity index (χ3n) is 4.24. The predicted octanol–water partition coefficient (Wildman–Crippen LogP) is 3.29. The maximum absolute atomic E-state index is 13.9. The molecule has 2 unspecified atom stereocenters. The van der Waals surface area contributed by atoms with Gasteiger partial charge in [-0.05, 0) is 38.3 Å². The van der Waals surface area contributed by atoms with Crippen molar-refractivity contribution in [3.05, 3.63) is 41.2 Å². The molecule has 2 atom stereocenters. The summed E-state index contributed by atoms with van der Waals surface area (Å²) < 4.78 is 13.9. The van der Waals surface area contributed by atoms with Crippen molar-refractivity contribution in [3.63, 3.8) is 0 Å².